The molecule has 5 heteroatoms. The van der Waals surface area contributed by atoms with Crippen molar-refractivity contribution in [2.24, 2.45) is 0 Å². The van der Waals surface area contributed by atoms with E-state index >= 15 is 0 Å². The minimum absolute atomic E-state index is 0.0205. The van der Waals surface area contributed by atoms with Crippen molar-refractivity contribution in [2.75, 3.05) is 0 Å². The van der Waals surface area contributed by atoms with Gasteiger partial charge in [0.1, 0.15) is 0 Å². The van der Waals surface area contributed by atoms with Crippen LogP contribution in [0, 0.1) is 29.3 Å². The van der Waals surface area contributed by atoms with Crippen molar-refractivity contribution >= 4 is 10.8 Å². The van der Waals surface area contributed by atoms with Crippen molar-refractivity contribution < 1.29 is 22.0 Å². The van der Waals surface area contributed by atoms with Crippen LogP contribution in [0.15, 0.2) is 72.8 Å². The summed E-state index contributed by atoms with van der Waals surface area (Å²) in [6.07, 6.45) is -0.279. The molecule has 0 bridgehead atoms. The quantitative estimate of drug-likeness (QED) is 0.162. The van der Waals surface area contributed by atoms with Gasteiger partial charge in [-0.1, -0.05) is 80.3 Å². The summed E-state index contributed by atoms with van der Waals surface area (Å²) in [5, 5.41) is 1.66. The van der Waals surface area contributed by atoms with Crippen LogP contribution in [0.5, 0.6) is 0 Å². The third kappa shape index (κ3) is 4.54. The third-order valence-corrected chi connectivity index (χ3v) is 6.00. The Morgan fingerprint density at radius 1 is 0.824 bits per heavy atom. The Kier molecular flexibility index (Phi) is 6.43. The molecule has 1 unspecified atom stereocenters. The number of halogens is 5. The molecule has 0 spiro atoms. The van der Waals surface area contributed by atoms with Gasteiger partial charge in [0.15, 0.2) is 17.5 Å². The fourth-order valence-corrected chi connectivity index (χ4v) is 4.03. The number of hydrogen-bond donors (Lipinski definition) is 0. The zero-order valence-electron chi connectivity index (χ0n) is 18.6. The summed E-state index contributed by atoms with van der Waals surface area (Å²) in [4.78, 5) is 0. The van der Waals surface area contributed by atoms with Crippen molar-refractivity contribution in [3.8, 4) is 11.8 Å². The summed E-state index contributed by atoms with van der Waals surface area (Å²) in [6.45, 7) is 3.36. The molecule has 0 amide bonds. The Labute approximate surface area is 195 Å². The maximum atomic E-state index is 14.5. The van der Waals surface area contributed by atoms with Gasteiger partial charge >= 0.3 is 0 Å². The highest BCUT2D eigenvalue weighted by Gasteiger charge is 2.32. The summed E-state index contributed by atoms with van der Waals surface area (Å²) in [5.74, 6) is -1.74. The Bertz CT molecular complexity index is 1400. The number of alkyl halides is 2. The van der Waals surface area contributed by atoms with Gasteiger partial charge in [-0.2, -0.15) is 0 Å². The second kappa shape index (κ2) is 9.30. The molecule has 0 aliphatic rings. The maximum absolute atomic E-state index is 14.5. The van der Waals surface area contributed by atoms with Crippen molar-refractivity contribution in [1.82, 2.24) is 0 Å². The van der Waals surface area contributed by atoms with E-state index in [1.165, 1.54) is 13.0 Å². The summed E-state index contributed by atoms with van der Waals surface area (Å²) < 4.78 is 69.2. The van der Waals surface area contributed by atoms with E-state index in [9.17, 15) is 22.0 Å². The average molecular weight is 464 g/mol. The standard InChI is InChI=1S/C29H21F5/c1-3-29(33,34)25-10-5-4-9-23(25)18(2)21-13-14-24-20(7-6-8-22(24)17-21)12-11-19-15-26(30)28(32)27(31)16-19/h4-10,13-18H,3H2,1-2H3. The van der Waals surface area contributed by atoms with Gasteiger partial charge < -0.3 is 0 Å². The fraction of sp³-hybridized carbons (Fsp3) is 0.172. The van der Waals surface area contributed by atoms with E-state index in [0.29, 0.717) is 11.1 Å². The summed E-state index contributed by atoms with van der Waals surface area (Å²) in [6, 6.07) is 19.4. The Hall–Kier alpha value is -3.65. The number of benzene rings is 4. The van der Waals surface area contributed by atoms with Crippen LogP contribution in [0.2, 0.25) is 0 Å². The SMILES string of the molecule is CCC(F)(F)c1ccccc1C(C)c1ccc2c(C#Cc3cc(F)c(F)c(F)c3)cccc2c1. The van der Waals surface area contributed by atoms with E-state index in [1.807, 2.05) is 31.2 Å². The molecule has 0 fully saturated rings. The molecule has 1 atom stereocenters. The molecule has 172 valence electrons. The van der Waals surface area contributed by atoms with Gasteiger partial charge in [0.2, 0.25) is 0 Å². The van der Waals surface area contributed by atoms with Crippen LogP contribution >= 0.6 is 0 Å². The third-order valence-electron chi connectivity index (χ3n) is 6.00. The molecular formula is C29H21F5. The average Bonchev–Trinajstić information content (AvgIpc) is 2.85. The number of fused-ring (bicyclic) bond motifs is 1. The van der Waals surface area contributed by atoms with Crippen LogP contribution in [0.25, 0.3) is 10.8 Å². The van der Waals surface area contributed by atoms with E-state index in [2.05, 4.69) is 11.8 Å². The normalized spacial score (nSPS) is 12.3. The molecule has 0 N–H and O–H groups in total. The van der Waals surface area contributed by atoms with Gasteiger partial charge in [0.25, 0.3) is 5.92 Å². The highest BCUT2D eigenvalue weighted by atomic mass is 19.3. The first kappa shape index (κ1) is 23.5. The van der Waals surface area contributed by atoms with Gasteiger partial charge in [0, 0.05) is 29.0 Å². The van der Waals surface area contributed by atoms with Crippen LogP contribution in [0.1, 0.15) is 54.0 Å². The Balaban J connectivity index is 1.72. The topological polar surface area (TPSA) is 0 Å². The second-order valence-corrected chi connectivity index (χ2v) is 8.16. The van der Waals surface area contributed by atoms with Gasteiger partial charge in [-0.3, -0.25) is 0 Å². The van der Waals surface area contributed by atoms with Gasteiger partial charge in [-0.05, 0) is 40.1 Å². The van der Waals surface area contributed by atoms with E-state index < -0.39 is 23.4 Å². The van der Waals surface area contributed by atoms with E-state index in [4.69, 9.17) is 0 Å². The lowest BCUT2D eigenvalue weighted by Gasteiger charge is -2.23. The second-order valence-electron chi connectivity index (χ2n) is 8.16. The van der Waals surface area contributed by atoms with Gasteiger partial charge in [0.05, 0.1) is 0 Å². The monoisotopic (exact) mass is 464 g/mol. The lowest BCUT2D eigenvalue weighted by molar-refractivity contribution is -0.00929. The van der Waals surface area contributed by atoms with Crippen LogP contribution in [0.4, 0.5) is 22.0 Å². The minimum atomic E-state index is -2.91. The molecule has 34 heavy (non-hydrogen) atoms. The molecule has 0 radical (unpaired) electrons. The molecule has 0 nitrogen and oxygen atoms in total. The van der Waals surface area contributed by atoms with Crippen molar-refractivity contribution in [3.05, 3.63) is 118 Å². The molecule has 0 aromatic heterocycles. The largest absolute Gasteiger partial charge is 0.273 e. The van der Waals surface area contributed by atoms with E-state index in [0.717, 1.165) is 28.5 Å². The summed E-state index contributed by atoms with van der Waals surface area (Å²) >= 11 is 0. The van der Waals surface area contributed by atoms with Crippen molar-refractivity contribution in [1.29, 1.82) is 0 Å². The zero-order chi connectivity index (χ0) is 24.5. The number of rotatable bonds is 4. The first-order valence-corrected chi connectivity index (χ1v) is 10.9. The molecule has 4 aromatic carbocycles. The predicted molar refractivity (Wildman–Crippen MR) is 124 cm³/mol. The highest BCUT2D eigenvalue weighted by Crippen LogP contribution is 2.39. The molecule has 4 rings (SSSR count). The van der Waals surface area contributed by atoms with E-state index in [1.54, 1.807) is 30.3 Å². The summed E-state index contributed by atoms with van der Waals surface area (Å²) in [5.41, 5.74) is 2.12. The lowest BCUT2D eigenvalue weighted by atomic mass is 9.86. The first-order valence-electron chi connectivity index (χ1n) is 10.9. The molecule has 4 aromatic rings. The minimum Gasteiger partial charge on any atom is -0.204 e. The van der Waals surface area contributed by atoms with Gasteiger partial charge in [-0.25, -0.2) is 22.0 Å². The predicted octanol–water partition coefficient (Wildman–Crippen LogP) is 8.31. The zero-order valence-corrected chi connectivity index (χ0v) is 18.6. The van der Waals surface area contributed by atoms with Gasteiger partial charge in [-0.15, -0.1) is 0 Å². The van der Waals surface area contributed by atoms with Crippen molar-refractivity contribution in [2.45, 2.75) is 32.1 Å². The molecule has 0 heterocycles. The van der Waals surface area contributed by atoms with Crippen molar-refractivity contribution in [3.63, 3.8) is 0 Å². The van der Waals surface area contributed by atoms with Crippen LogP contribution < -0.4 is 0 Å². The van der Waals surface area contributed by atoms with Crippen LogP contribution in [-0.2, 0) is 5.92 Å². The smallest absolute Gasteiger partial charge is 0.204 e. The first-order chi connectivity index (χ1) is 16.2. The fourth-order valence-electron chi connectivity index (χ4n) is 4.03. The molecule has 0 saturated heterocycles. The molecular weight excluding hydrogens is 443 g/mol. The summed E-state index contributed by atoms with van der Waals surface area (Å²) in [7, 11) is 0. The van der Waals surface area contributed by atoms with Crippen LogP contribution in [0.3, 0.4) is 0 Å². The maximum Gasteiger partial charge on any atom is 0.273 e. The van der Waals surface area contributed by atoms with E-state index in [-0.39, 0.29) is 23.5 Å². The molecule has 0 saturated carbocycles. The lowest BCUT2D eigenvalue weighted by Crippen LogP contribution is -2.16. The Morgan fingerprint density at radius 2 is 1.53 bits per heavy atom. The molecule has 0 aliphatic carbocycles. The Morgan fingerprint density at radius 3 is 2.24 bits per heavy atom. The number of hydrogen-bond acceptors (Lipinski definition) is 0. The van der Waals surface area contributed by atoms with Crippen LogP contribution in [-0.4, -0.2) is 0 Å². The highest BCUT2D eigenvalue weighted by molar-refractivity contribution is 5.89. The molecule has 0 aliphatic heterocycles.